The van der Waals surface area contributed by atoms with E-state index in [4.69, 9.17) is 20.7 Å². The summed E-state index contributed by atoms with van der Waals surface area (Å²) >= 11 is 0. The molecule has 0 aliphatic heterocycles. The van der Waals surface area contributed by atoms with Crippen LogP contribution in [0.5, 0.6) is 0 Å². The van der Waals surface area contributed by atoms with Crippen molar-refractivity contribution < 1.29 is 262 Å². The van der Waals surface area contributed by atoms with E-state index in [1.54, 1.807) is 291 Å². The molecule has 0 saturated heterocycles. The molecule has 108 heavy (non-hydrogen) atoms. The van der Waals surface area contributed by atoms with E-state index in [1.165, 1.54) is 0 Å². The smallest absolute Gasteiger partial charge is 2.00 e. The fourth-order valence-electron chi connectivity index (χ4n) is 0. The van der Waals surface area contributed by atoms with Gasteiger partial charge in [-0.1, -0.05) is 249 Å². The molecule has 32 nitrogen and oxygen atoms in total. The Morgan fingerprint density at radius 3 is 0.167 bits per heavy atom. The Bertz CT molecular complexity index is 1780. The van der Waals surface area contributed by atoms with E-state index in [9.17, 15) is 128 Å². The minimum atomic E-state index is -1.01. The van der Waals surface area contributed by atoms with E-state index in [2.05, 4.69) is 0 Å². The van der Waals surface area contributed by atoms with Crippen LogP contribution in [0.4, 0.5) is 0 Å². The van der Waals surface area contributed by atoms with E-state index >= 15 is 0 Å². The zero-order chi connectivity index (χ0) is 87.1. The molecule has 0 unspecified atom stereocenters. The first-order chi connectivity index (χ1) is 42.2. The average molecular weight is 1820 g/mol. The third-order valence-corrected chi connectivity index (χ3v) is 8.63. The van der Waals surface area contributed by atoms with Crippen molar-refractivity contribution in [3.05, 3.63) is 0 Å². The Morgan fingerprint density at radius 1 is 0.148 bits per heavy atom. The number of carbonyl (C=O) groups is 14. The number of hydrogen-bond donors (Lipinski definition) is 2. The van der Waals surface area contributed by atoms with E-state index in [0.717, 1.165) is 0 Å². The van der Waals surface area contributed by atoms with Crippen molar-refractivity contribution in [1.29, 1.82) is 0 Å². The molecule has 0 atom stereocenters. The van der Waals surface area contributed by atoms with Crippen LogP contribution in [0.15, 0.2) is 0 Å². The first-order valence-electron chi connectivity index (χ1n) is 30.4. The second-order valence-electron chi connectivity index (χ2n) is 35.6. The van der Waals surface area contributed by atoms with Crippen molar-refractivity contribution in [2.24, 2.45) is 75.8 Å². The van der Waals surface area contributed by atoms with E-state index in [-0.39, 0.29) is 113 Å². The fourth-order valence-corrected chi connectivity index (χ4v) is 0. The van der Waals surface area contributed by atoms with Crippen LogP contribution in [-0.4, -0.2) is 93.8 Å². The predicted molar refractivity (Wildman–Crippen MR) is 349 cm³/mol. The largest absolute Gasteiger partial charge is 3.00 e. The first-order valence-corrected chi connectivity index (χ1v) is 30.4. The monoisotopic (exact) mass is 1820 g/mol. The van der Waals surface area contributed by atoms with Crippen LogP contribution in [-0.2, 0) is 180 Å². The van der Waals surface area contributed by atoms with Gasteiger partial charge in [0.15, 0.2) is 0 Å². The van der Waals surface area contributed by atoms with Crippen LogP contribution < -0.4 is 71.8 Å². The molecule has 0 fully saturated rings. The molecule has 2 N–H and O–H groups in total. The van der Waals surface area contributed by atoms with Crippen molar-refractivity contribution in [2.45, 2.75) is 291 Å². The molecular formula is C70H128Fe6O32. The van der Waals surface area contributed by atoms with E-state index in [0.29, 0.717) is 0 Å². The van der Waals surface area contributed by atoms with Gasteiger partial charge in [0.2, 0.25) is 0 Å². The standard InChI is InChI=1S/14C5H10O2.6Fe.O2.2O/c14*1-5(2,3)4(6)7;;;;;;;1-2;;/h14*1-3H3,(H,6,7);;;;;;;;;/q;;;;;;;;;;;;;;6*+3;3*-2/p-12. The van der Waals surface area contributed by atoms with Crippen molar-refractivity contribution in [3.8, 4) is 0 Å². The maximum atomic E-state index is 10.0. The SMILES string of the molecule is CC(C)(C)C(=O)O.CC(C)(C)C(=O)O.CC(C)(C)C(=O)[O-].CC(C)(C)C(=O)[O-].CC(C)(C)C(=O)[O-].CC(C)(C)C(=O)[O-].CC(C)(C)C(=O)[O-].CC(C)(C)C(=O)[O-].CC(C)(C)C(=O)[O-].CC(C)(C)C(=O)[O-].CC(C)(C)C(=O)[O-].CC(C)(C)C(=O)[O-].CC(C)(C)C(=O)[O-].CC(C)(C)C(=O)[O-].[Fe+3].[Fe+3].[Fe+3].[Fe+3].[Fe+3].[Fe+3].[O-2].[O-2].[O-][O-]. The minimum Gasteiger partial charge on any atom is -2.00 e. The Morgan fingerprint density at radius 2 is 0.167 bits per heavy atom. The van der Waals surface area contributed by atoms with E-state index in [1.807, 2.05) is 0 Å². The van der Waals surface area contributed by atoms with Crippen LogP contribution >= 0.6 is 0 Å². The number of carboxylic acids is 14. The predicted octanol–water partition coefficient (Wildman–Crippen LogP) is -3.01. The van der Waals surface area contributed by atoms with Gasteiger partial charge in [-0.2, -0.15) is 0 Å². The van der Waals surface area contributed by atoms with Gasteiger partial charge in [-0.25, -0.2) is 0 Å². The molecule has 0 bridgehead atoms. The van der Waals surface area contributed by atoms with Crippen molar-refractivity contribution in [2.75, 3.05) is 0 Å². The zero-order valence-electron chi connectivity index (χ0n) is 71.3. The molecule has 0 aromatic rings. The summed E-state index contributed by atoms with van der Waals surface area (Å²) in [6.07, 6.45) is 0. The molecule has 0 aromatic heterocycles. The first kappa shape index (κ1) is 168. The van der Waals surface area contributed by atoms with Gasteiger partial charge in [0.25, 0.3) is 0 Å². The molecule has 0 aromatic carbocycles. The van der Waals surface area contributed by atoms with E-state index < -0.39 is 159 Å². The fraction of sp³-hybridized carbons (Fsp3) is 0.800. The number of aliphatic carboxylic acids is 14. The maximum absolute atomic E-state index is 10.0. The quantitative estimate of drug-likeness (QED) is 0.139. The number of rotatable bonds is 0. The van der Waals surface area contributed by atoms with Gasteiger partial charge >= 0.3 is 114 Å². The van der Waals surface area contributed by atoms with Gasteiger partial charge in [0, 0.05) is 137 Å². The summed E-state index contributed by atoms with van der Waals surface area (Å²) in [4.78, 5) is 139. The van der Waals surface area contributed by atoms with Gasteiger partial charge in [-0.05, 0) is 41.5 Å². The van der Waals surface area contributed by atoms with Crippen LogP contribution in [0.25, 0.3) is 0 Å². The van der Waals surface area contributed by atoms with Crippen LogP contribution in [0, 0.1) is 75.8 Å². The third-order valence-electron chi connectivity index (χ3n) is 8.63. The van der Waals surface area contributed by atoms with Crippen LogP contribution in [0.1, 0.15) is 291 Å². The molecule has 0 amide bonds. The topological polar surface area (TPSA) is 659 Å². The average Bonchev–Trinajstić information content (AvgIpc) is 3.30. The van der Waals surface area contributed by atoms with Gasteiger partial charge in [-0.3, -0.25) is 9.59 Å². The van der Waals surface area contributed by atoms with Crippen LogP contribution in [0.2, 0.25) is 0 Å². The summed E-state index contributed by atoms with van der Waals surface area (Å²) in [6, 6.07) is 0. The van der Waals surface area contributed by atoms with Gasteiger partial charge < -0.3 is 150 Å². The van der Waals surface area contributed by atoms with Gasteiger partial charge in [-0.15, -0.1) is 0 Å². The van der Waals surface area contributed by atoms with Crippen LogP contribution in [0.3, 0.4) is 0 Å². The number of carboxylic acid groups (broad SMARTS) is 14. The minimum absolute atomic E-state index is 0. The van der Waals surface area contributed by atoms with Gasteiger partial charge in [0.05, 0.1) is 10.8 Å². The summed E-state index contributed by atoms with van der Waals surface area (Å²) in [5, 5.41) is 149. The molecule has 0 heterocycles. The molecule has 0 spiro atoms. The summed E-state index contributed by atoms with van der Waals surface area (Å²) in [6.45, 7) is 67.6. The molecule has 0 rings (SSSR count). The second-order valence-corrected chi connectivity index (χ2v) is 35.6. The third kappa shape index (κ3) is 162. The Balaban J connectivity index is -0.0000000340. The van der Waals surface area contributed by atoms with Crippen molar-refractivity contribution >= 4 is 83.6 Å². The van der Waals surface area contributed by atoms with Gasteiger partial charge in [0.1, 0.15) is 0 Å². The Kier molecular flexibility index (Phi) is 111. The summed E-state index contributed by atoms with van der Waals surface area (Å²) in [5.74, 6) is -13.6. The molecule has 0 aliphatic rings. The summed E-state index contributed by atoms with van der Waals surface area (Å²) < 4.78 is 0. The Labute approximate surface area is 707 Å². The normalized spacial score (nSPS) is 10.3. The summed E-state index contributed by atoms with van der Waals surface area (Å²) in [5.41, 5.74) is -9.50. The molecule has 6 radical (unpaired) electrons. The Hall–Kier alpha value is -4.46. The van der Waals surface area contributed by atoms with Crippen molar-refractivity contribution in [1.82, 2.24) is 0 Å². The number of hydrogen-bond acceptors (Lipinski definition) is 28. The molecule has 0 aliphatic carbocycles. The maximum Gasteiger partial charge on any atom is 3.00 e. The molecule has 648 valence electrons. The van der Waals surface area contributed by atoms with Crippen molar-refractivity contribution in [3.63, 3.8) is 0 Å². The number of carbonyl (C=O) groups excluding carboxylic acids is 12. The molecule has 0 saturated carbocycles. The molecule has 38 heteroatoms. The summed E-state index contributed by atoms with van der Waals surface area (Å²) in [7, 11) is 0. The second kappa shape index (κ2) is 71.6. The zero-order valence-corrected chi connectivity index (χ0v) is 77.9. The molecular weight excluding hydrogens is 1690 g/mol.